The van der Waals surface area contributed by atoms with Gasteiger partial charge in [0.15, 0.2) is 0 Å². The predicted molar refractivity (Wildman–Crippen MR) is 268 cm³/mol. The maximum absolute atomic E-state index is 13.0. The molecule has 0 aromatic carbocycles. The number of nitrogens with one attached hydrogen (secondary N) is 5. The summed E-state index contributed by atoms with van der Waals surface area (Å²) in [5.74, 6) is 0.0651. The van der Waals surface area contributed by atoms with Gasteiger partial charge in [-0.1, -0.05) is 6.07 Å². The Morgan fingerprint density at radius 1 is 0.653 bits per heavy atom. The number of amides is 5. The number of likely N-dealkylation sites (N-methyl/N-ethyl adjacent to an activating group) is 1. The molecule has 7 N–H and O–H groups in total. The van der Waals surface area contributed by atoms with Crippen LogP contribution in [0.15, 0.2) is 24.5 Å². The minimum Gasteiger partial charge on any atom is -0.378 e. The van der Waals surface area contributed by atoms with Crippen molar-refractivity contribution >= 4 is 29.5 Å². The Bertz CT molecular complexity index is 1800. The van der Waals surface area contributed by atoms with Crippen molar-refractivity contribution in [2.24, 2.45) is 17.6 Å². The number of nitroso groups, excluding NO2 is 1. The van der Waals surface area contributed by atoms with Gasteiger partial charge in [-0.15, -0.1) is 0 Å². The molecule has 6 rings (SSSR count). The van der Waals surface area contributed by atoms with E-state index in [0.29, 0.717) is 91.5 Å². The molecule has 20 nitrogen and oxygen atoms in total. The molecule has 2 atom stereocenters. The highest BCUT2D eigenvalue weighted by Gasteiger charge is 2.49. The number of carbonyl (C=O) groups is 5. The third-order valence-electron chi connectivity index (χ3n) is 15.1. The number of nitrogens with two attached hydrogens (primary N) is 1. The van der Waals surface area contributed by atoms with Crippen LogP contribution in [0.4, 0.5) is 0 Å². The Balaban J connectivity index is 0.695. The average Bonchev–Trinajstić information content (AvgIpc) is 3.70. The van der Waals surface area contributed by atoms with Crippen molar-refractivity contribution in [3.8, 4) is 0 Å². The van der Waals surface area contributed by atoms with E-state index in [2.05, 4.69) is 31.7 Å². The lowest BCUT2D eigenvalue weighted by Gasteiger charge is -2.30. The van der Waals surface area contributed by atoms with Gasteiger partial charge in [-0.05, 0) is 127 Å². The number of nitrogens with zero attached hydrogens (tertiary/aromatic N) is 3. The maximum atomic E-state index is 13.0. The molecule has 4 saturated carbocycles. The summed E-state index contributed by atoms with van der Waals surface area (Å²) < 4.78 is 29.7. The second-order valence-electron chi connectivity index (χ2n) is 20.4. The molecule has 4 aliphatic carbocycles. The Kier molecular flexibility index (Phi) is 24.8. The maximum Gasteiger partial charge on any atom is 0.267 e. The number of aromatic nitrogens is 1. The zero-order valence-corrected chi connectivity index (χ0v) is 42.9. The van der Waals surface area contributed by atoms with Crippen LogP contribution >= 0.6 is 0 Å². The van der Waals surface area contributed by atoms with Gasteiger partial charge >= 0.3 is 0 Å². The minimum absolute atomic E-state index is 0.0113. The first-order valence-electron chi connectivity index (χ1n) is 27.3. The molecule has 0 spiro atoms. The highest BCUT2D eigenvalue weighted by molar-refractivity contribution is 5.80. The zero-order valence-electron chi connectivity index (χ0n) is 42.9. The standard InChI is InChI=1S/C52H85N9O11/c1-60-49(64)35-46(50(60)39-5-2-25-54-36-39)61(67)57-28-34-72-45-22-18-43(19-23-45)70-30-4-7-48(63)59-41-14-10-38(11-15-41)52(66)56-27-33-71-44-20-16-42(17-21-44)69-29-3-6-47(62)58-40-12-8-37(9-13-40)51(65)55-26-32-68-31-24-53/h2,5,25,36-38,40-46,50H,3-4,6-24,26-35,53H2,1H3,(H4-,55,56,57,58,59,62,63,65,66,67)/p+1/t37?,38?,40?,41?,42?,43?,44?,45?,46-,50+/m0/s1. The van der Waals surface area contributed by atoms with E-state index in [4.69, 9.17) is 29.4 Å². The van der Waals surface area contributed by atoms with Crippen LogP contribution in [-0.4, -0.2) is 160 Å². The molecule has 2 heterocycles. The largest absolute Gasteiger partial charge is 0.378 e. The van der Waals surface area contributed by atoms with Gasteiger partial charge in [0, 0.05) is 89.1 Å². The van der Waals surface area contributed by atoms with Gasteiger partial charge in [0.2, 0.25) is 29.5 Å². The first-order valence-corrected chi connectivity index (χ1v) is 27.3. The number of hydrogen-bond acceptors (Lipinski definition) is 13. The van der Waals surface area contributed by atoms with E-state index in [1.807, 2.05) is 6.07 Å². The molecule has 0 unspecified atom stereocenters. The molecule has 5 fully saturated rings. The van der Waals surface area contributed by atoms with Crippen molar-refractivity contribution in [2.45, 2.75) is 183 Å². The molecule has 5 amide bonds. The van der Waals surface area contributed by atoms with E-state index in [-0.39, 0.29) is 90.3 Å². The first-order chi connectivity index (χ1) is 35.1. The summed E-state index contributed by atoms with van der Waals surface area (Å²) >= 11 is 0. The SMILES string of the molecule is CN1C(=O)C[C@H]([N+](=O)NCCOC2CCC(OCCCC(=O)NC3CCC(C(=O)NCCOC4CCC(OCCCC(=O)NC5CCC(C(=O)NCCOCCN)CC5)CC4)CC3)CC2)[C@H]1c1cccnc1. The van der Waals surface area contributed by atoms with Crippen molar-refractivity contribution in [1.29, 1.82) is 0 Å². The molecule has 72 heavy (non-hydrogen) atoms. The van der Waals surface area contributed by atoms with E-state index in [0.717, 1.165) is 113 Å². The van der Waals surface area contributed by atoms with Gasteiger partial charge in [-0.25, -0.2) is 0 Å². The molecule has 1 aliphatic heterocycles. The van der Waals surface area contributed by atoms with Gasteiger partial charge in [-0.2, -0.15) is 5.43 Å². The Morgan fingerprint density at radius 3 is 1.60 bits per heavy atom. The van der Waals surface area contributed by atoms with Crippen molar-refractivity contribution in [1.82, 2.24) is 36.6 Å². The average molecular weight is 1010 g/mol. The minimum atomic E-state index is -0.547. The molecule has 0 bridgehead atoms. The normalized spacial score (nSPS) is 27.7. The van der Waals surface area contributed by atoms with Crippen molar-refractivity contribution in [3.63, 3.8) is 0 Å². The van der Waals surface area contributed by atoms with E-state index in [1.54, 1.807) is 30.4 Å². The summed E-state index contributed by atoms with van der Waals surface area (Å²) in [6.07, 6.45) is 19.7. The van der Waals surface area contributed by atoms with Crippen LogP contribution in [0.3, 0.4) is 0 Å². The highest BCUT2D eigenvalue weighted by atomic mass is 16.5. The van der Waals surface area contributed by atoms with E-state index in [1.165, 1.54) is 0 Å². The molecule has 5 aliphatic rings. The number of rotatable bonds is 30. The molecule has 1 aromatic heterocycles. The number of hydrazine groups is 1. The highest BCUT2D eigenvalue weighted by Crippen LogP contribution is 2.33. The number of hydrogen-bond donors (Lipinski definition) is 6. The Hall–Kier alpha value is -4.34. The topological polar surface area (TPSA) is 254 Å². The Labute approximate surface area is 426 Å². The summed E-state index contributed by atoms with van der Waals surface area (Å²) in [6, 6.07) is 2.99. The van der Waals surface area contributed by atoms with Gasteiger partial charge in [0.05, 0.1) is 68.7 Å². The van der Waals surface area contributed by atoms with Crippen molar-refractivity contribution < 1.29 is 52.5 Å². The molecule has 20 heteroatoms. The van der Waals surface area contributed by atoms with E-state index < -0.39 is 6.04 Å². The van der Waals surface area contributed by atoms with Crippen molar-refractivity contribution in [2.75, 3.05) is 72.9 Å². The fourth-order valence-electron chi connectivity index (χ4n) is 11.0. The molecule has 0 radical (unpaired) electrons. The van der Waals surface area contributed by atoms with Crippen LogP contribution in [0.2, 0.25) is 0 Å². The number of likely N-dealkylation sites (tertiary alicyclic amines) is 1. The number of ether oxygens (including phenoxy) is 5. The third kappa shape index (κ3) is 19.5. The van der Waals surface area contributed by atoms with Gasteiger partial charge in [0.25, 0.3) is 6.04 Å². The molecular weight excluding hydrogens is 927 g/mol. The zero-order chi connectivity index (χ0) is 50.9. The van der Waals surface area contributed by atoms with Crippen LogP contribution < -0.4 is 32.4 Å². The smallest absolute Gasteiger partial charge is 0.267 e. The van der Waals surface area contributed by atoms with Crippen molar-refractivity contribution in [3.05, 3.63) is 35.0 Å². The molecule has 1 aromatic rings. The lowest BCUT2D eigenvalue weighted by molar-refractivity contribution is -0.643. The van der Waals surface area contributed by atoms with Crippen LogP contribution in [0.5, 0.6) is 0 Å². The lowest BCUT2D eigenvalue weighted by atomic mass is 9.85. The second-order valence-corrected chi connectivity index (χ2v) is 20.4. The van der Waals surface area contributed by atoms with Gasteiger partial charge in [0.1, 0.15) is 10.9 Å². The fraction of sp³-hybridized carbons (Fsp3) is 0.808. The summed E-state index contributed by atoms with van der Waals surface area (Å²) in [4.78, 5) is 82.6. The van der Waals surface area contributed by atoms with Crippen LogP contribution in [-0.2, 0) is 47.7 Å². The third-order valence-corrected chi connectivity index (χ3v) is 15.1. The lowest BCUT2D eigenvalue weighted by Crippen LogP contribution is -2.41. The number of pyridine rings is 1. The molecular formula is C52H86N9O11+. The predicted octanol–water partition coefficient (Wildman–Crippen LogP) is 3.44. The molecule has 404 valence electrons. The van der Waals surface area contributed by atoms with Crippen LogP contribution in [0.1, 0.15) is 146 Å². The van der Waals surface area contributed by atoms with E-state index in [9.17, 15) is 28.9 Å². The fourth-order valence-corrected chi connectivity index (χ4v) is 11.0. The second kappa shape index (κ2) is 31.4. The Morgan fingerprint density at radius 2 is 1.12 bits per heavy atom. The van der Waals surface area contributed by atoms with Gasteiger partial charge < -0.3 is 55.6 Å². The quantitative estimate of drug-likeness (QED) is 0.0367. The molecule has 1 saturated heterocycles. The first kappa shape index (κ1) is 56.9. The summed E-state index contributed by atoms with van der Waals surface area (Å²) in [6.45, 7) is 4.69. The summed E-state index contributed by atoms with van der Waals surface area (Å²) in [7, 11) is 1.72. The van der Waals surface area contributed by atoms with Crippen LogP contribution in [0.25, 0.3) is 0 Å². The van der Waals surface area contributed by atoms with E-state index >= 15 is 0 Å². The van der Waals surface area contributed by atoms with Crippen LogP contribution in [0, 0.1) is 16.7 Å². The summed E-state index contributed by atoms with van der Waals surface area (Å²) in [5, 5.41) is 12.3. The van der Waals surface area contributed by atoms with Gasteiger partial charge in [-0.3, -0.25) is 29.0 Å². The monoisotopic (exact) mass is 1010 g/mol. The summed E-state index contributed by atoms with van der Waals surface area (Å²) in [5.41, 5.74) is 9.13. The number of carbonyl (C=O) groups excluding carboxylic acids is 5.